The Kier molecular flexibility index (Phi) is 36.7. The number of ether oxygens (including phenoxy) is 11. The van der Waals surface area contributed by atoms with Gasteiger partial charge in [-0.25, -0.2) is 4.98 Å². The van der Waals surface area contributed by atoms with Gasteiger partial charge in [-0.1, -0.05) is 16.9 Å². The molecule has 2 N–H and O–H groups in total. The molecule has 296 valence electrons. The summed E-state index contributed by atoms with van der Waals surface area (Å²) in [5, 5.41) is 12.3. The largest absolute Gasteiger partial charge is 0.481 e. The topological polar surface area (TPSA) is 181 Å². The number of aromatic nitrogens is 1. The number of amides is 1. The van der Waals surface area contributed by atoms with Crippen molar-refractivity contribution in [3.63, 3.8) is 0 Å². The van der Waals surface area contributed by atoms with E-state index in [0.29, 0.717) is 152 Å². The van der Waals surface area contributed by atoms with Gasteiger partial charge >= 0.3 is 5.97 Å². The number of nitrogens with zero attached hydrogens (tertiary/aromatic N) is 1. The van der Waals surface area contributed by atoms with Crippen LogP contribution in [0.5, 0.6) is 0 Å². The van der Waals surface area contributed by atoms with Gasteiger partial charge in [-0.3, -0.25) is 9.59 Å². The maximum Gasteiger partial charge on any atom is 0.305 e. The zero-order valence-corrected chi connectivity index (χ0v) is 31.3. The van der Waals surface area contributed by atoms with Crippen molar-refractivity contribution in [3.05, 3.63) is 24.4 Å². The number of carboxylic acid groups (broad SMARTS) is 1. The van der Waals surface area contributed by atoms with Crippen molar-refractivity contribution in [2.75, 3.05) is 158 Å². The molecule has 0 aliphatic rings. The van der Waals surface area contributed by atoms with E-state index in [2.05, 4.69) is 10.3 Å². The molecule has 18 heteroatoms. The van der Waals surface area contributed by atoms with Crippen molar-refractivity contribution < 1.29 is 66.8 Å². The van der Waals surface area contributed by atoms with Crippen LogP contribution in [0.25, 0.3) is 0 Å². The van der Waals surface area contributed by atoms with Crippen molar-refractivity contribution in [1.82, 2.24) is 10.3 Å². The SMILES string of the molecule is O=C(O)CCOCCOCCOCCOCCOCCOCCOCCOCCOCCOCCOCCNC(=O)CCSSc1ccccn1. The summed E-state index contributed by atoms with van der Waals surface area (Å²) >= 11 is 0. The first-order chi connectivity index (χ1) is 25.2. The lowest BCUT2D eigenvalue weighted by molar-refractivity contribution is -0.138. The standard InChI is InChI=1S/C33H58N2O14S2/c36-31(5-30-50-51-32-3-1-2-6-35-32)34-7-9-40-11-13-42-15-17-44-19-21-46-23-25-48-27-29-49-28-26-47-24-22-45-20-18-43-16-14-41-12-10-39-8-4-33(37)38/h1-3,6H,4-5,7-30H2,(H,34,36)(H,37,38). The minimum absolute atomic E-state index is 0.00606. The minimum atomic E-state index is -0.877. The fourth-order valence-corrected chi connectivity index (χ4v) is 5.31. The Morgan fingerprint density at radius 2 is 0.902 bits per heavy atom. The van der Waals surface area contributed by atoms with Crippen LogP contribution in [-0.2, 0) is 61.7 Å². The van der Waals surface area contributed by atoms with E-state index in [1.54, 1.807) is 27.8 Å². The maximum atomic E-state index is 11.9. The van der Waals surface area contributed by atoms with E-state index in [1.807, 2.05) is 18.2 Å². The third-order valence-electron chi connectivity index (χ3n) is 5.94. The van der Waals surface area contributed by atoms with E-state index in [-0.39, 0.29) is 18.9 Å². The number of hydrogen-bond acceptors (Lipinski definition) is 16. The Morgan fingerprint density at radius 3 is 1.25 bits per heavy atom. The van der Waals surface area contributed by atoms with Gasteiger partial charge in [-0.2, -0.15) is 0 Å². The van der Waals surface area contributed by atoms with E-state index >= 15 is 0 Å². The fraction of sp³-hybridized carbons (Fsp3) is 0.788. The highest BCUT2D eigenvalue weighted by atomic mass is 33.1. The molecule has 0 saturated heterocycles. The predicted molar refractivity (Wildman–Crippen MR) is 191 cm³/mol. The van der Waals surface area contributed by atoms with Gasteiger partial charge in [0.05, 0.1) is 152 Å². The van der Waals surface area contributed by atoms with Gasteiger partial charge in [-0.05, 0) is 22.9 Å². The molecule has 0 bridgehead atoms. The number of hydrogen-bond donors (Lipinski definition) is 2. The summed E-state index contributed by atoms with van der Waals surface area (Å²) in [6.45, 7) is 10.4. The molecule has 1 rings (SSSR count). The number of aliphatic carboxylic acids is 1. The van der Waals surface area contributed by atoms with Crippen LogP contribution in [-0.4, -0.2) is 180 Å². The number of pyridine rings is 1. The van der Waals surface area contributed by atoms with Crippen molar-refractivity contribution in [3.8, 4) is 0 Å². The van der Waals surface area contributed by atoms with Crippen LogP contribution in [0.1, 0.15) is 12.8 Å². The number of carboxylic acids is 1. The Labute approximate surface area is 309 Å². The van der Waals surface area contributed by atoms with Gasteiger partial charge in [0.25, 0.3) is 0 Å². The summed E-state index contributed by atoms with van der Waals surface area (Å²) in [5.74, 6) is -0.146. The van der Waals surface area contributed by atoms with Gasteiger partial charge in [0.2, 0.25) is 5.91 Å². The van der Waals surface area contributed by atoms with E-state index in [9.17, 15) is 9.59 Å². The molecule has 1 aromatic heterocycles. The molecule has 0 radical (unpaired) electrons. The van der Waals surface area contributed by atoms with Gasteiger partial charge in [-0.15, -0.1) is 0 Å². The van der Waals surface area contributed by atoms with E-state index in [1.165, 1.54) is 0 Å². The van der Waals surface area contributed by atoms with Crippen molar-refractivity contribution in [2.24, 2.45) is 0 Å². The molecule has 1 aromatic rings. The zero-order valence-electron chi connectivity index (χ0n) is 29.7. The van der Waals surface area contributed by atoms with E-state index < -0.39 is 5.97 Å². The first-order valence-corrected chi connectivity index (χ1v) is 19.5. The lowest BCUT2D eigenvalue weighted by Gasteiger charge is -2.09. The Morgan fingerprint density at radius 1 is 0.529 bits per heavy atom. The molecule has 0 saturated carbocycles. The smallest absolute Gasteiger partial charge is 0.305 e. The van der Waals surface area contributed by atoms with Crippen LogP contribution in [0, 0.1) is 0 Å². The second-order valence-electron chi connectivity index (χ2n) is 10.1. The first kappa shape index (κ1) is 47.4. The molecule has 0 unspecified atom stereocenters. The molecular weight excluding hydrogens is 712 g/mol. The lowest BCUT2D eigenvalue weighted by Crippen LogP contribution is -2.27. The van der Waals surface area contributed by atoms with Gasteiger partial charge in [0.15, 0.2) is 0 Å². The number of carbonyl (C=O) groups is 2. The first-order valence-electron chi connectivity index (χ1n) is 17.2. The molecule has 1 heterocycles. The van der Waals surface area contributed by atoms with Gasteiger partial charge in [0, 0.05) is 24.9 Å². The van der Waals surface area contributed by atoms with Crippen LogP contribution in [0.4, 0.5) is 0 Å². The summed E-state index contributed by atoms with van der Waals surface area (Å²) in [7, 11) is 3.18. The summed E-state index contributed by atoms with van der Waals surface area (Å²) in [4.78, 5) is 26.4. The average molecular weight is 771 g/mol. The summed E-state index contributed by atoms with van der Waals surface area (Å²) in [5.41, 5.74) is 0. The average Bonchev–Trinajstić information content (AvgIpc) is 3.13. The molecule has 0 aromatic carbocycles. The molecular formula is C33H58N2O14S2. The highest BCUT2D eigenvalue weighted by Crippen LogP contribution is 2.29. The van der Waals surface area contributed by atoms with Gasteiger partial charge < -0.3 is 62.5 Å². The van der Waals surface area contributed by atoms with Crippen molar-refractivity contribution in [2.45, 2.75) is 17.9 Å². The third-order valence-corrected chi connectivity index (χ3v) is 8.21. The summed E-state index contributed by atoms with van der Waals surface area (Å²) in [6.07, 6.45) is 2.20. The van der Waals surface area contributed by atoms with Crippen LogP contribution in [0.3, 0.4) is 0 Å². The quantitative estimate of drug-likeness (QED) is 0.0728. The van der Waals surface area contributed by atoms with Crippen LogP contribution >= 0.6 is 21.6 Å². The Bertz CT molecular complexity index is 898. The number of carbonyl (C=O) groups excluding carboxylic acids is 1. The second-order valence-corrected chi connectivity index (χ2v) is 12.5. The van der Waals surface area contributed by atoms with Crippen molar-refractivity contribution in [1.29, 1.82) is 0 Å². The molecule has 51 heavy (non-hydrogen) atoms. The molecule has 0 fully saturated rings. The summed E-state index contributed by atoms with van der Waals surface area (Å²) in [6, 6.07) is 5.77. The molecule has 0 atom stereocenters. The molecule has 1 amide bonds. The molecule has 0 aliphatic heterocycles. The van der Waals surface area contributed by atoms with E-state index in [0.717, 1.165) is 10.8 Å². The van der Waals surface area contributed by atoms with Crippen LogP contribution < -0.4 is 5.32 Å². The maximum absolute atomic E-state index is 11.9. The van der Waals surface area contributed by atoms with E-state index in [4.69, 9.17) is 57.2 Å². The third kappa shape index (κ3) is 37.9. The second kappa shape index (κ2) is 39.6. The minimum Gasteiger partial charge on any atom is -0.481 e. The zero-order chi connectivity index (χ0) is 36.6. The Balaban J connectivity index is 1.63. The predicted octanol–water partition coefficient (Wildman–Crippen LogP) is 1.99. The molecule has 0 aliphatic carbocycles. The highest BCUT2D eigenvalue weighted by molar-refractivity contribution is 8.76. The fourth-order valence-electron chi connectivity index (χ4n) is 3.44. The molecule has 0 spiro atoms. The monoisotopic (exact) mass is 770 g/mol. The summed E-state index contributed by atoms with van der Waals surface area (Å²) < 4.78 is 59.6. The number of rotatable bonds is 41. The van der Waals surface area contributed by atoms with Crippen molar-refractivity contribution >= 4 is 33.5 Å². The molecule has 16 nitrogen and oxygen atoms in total. The van der Waals surface area contributed by atoms with Crippen LogP contribution in [0.2, 0.25) is 0 Å². The van der Waals surface area contributed by atoms with Crippen LogP contribution in [0.15, 0.2) is 29.4 Å². The number of nitrogens with one attached hydrogen (secondary N) is 1. The highest BCUT2D eigenvalue weighted by Gasteiger charge is 2.03. The normalized spacial score (nSPS) is 11.3. The Hall–Kier alpha value is -1.65. The van der Waals surface area contributed by atoms with Gasteiger partial charge in [0.1, 0.15) is 5.03 Å². The lowest BCUT2D eigenvalue weighted by atomic mass is 10.4.